The highest BCUT2D eigenvalue weighted by Crippen LogP contribution is 2.30. The van der Waals surface area contributed by atoms with Crippen molar-refractivity contribution >= 4 is 33.3 Å². The van der Waals surface area contributed by atoms with Crippen LogP contribution in [0, 0.1) is 0 Å². The molecule has 2 aromatic heterocycles. The quantitative estimate of drug-likeness (QED) is 0.555. The molecule has 2 aliphatic rings. The van der Waals surface area contributed by atoms with Crippen LogP contribution in [-0.2, 0) is 4.74 Å². The highest BCUT2D eigenvalue weighted by atomic mass is 79.9. The second-order valence-corrected chi connectivity index (χ2v) is 9.24. The number of ether oxygens (including phenoxy) is 1. The molecule has 2 fully saturated rings. The predicted molar refractivity (Wildman–Crippen MR) is 124 cm³/mol. The van der Waals surface area contributed by atoms with Gasteiger partial charge in [0, 0.05) is 42.4 Å². The number of carbonyl (C=O) groups is 2. The first-order valence-corrected chi connectivity index (χ1v) is 11.8. The summed E-state index contributed by atoms with van der Waals surface area (Å²) < 4.78 is 8.10. The molecule has 8 heteroatoms. The van der Waals surface area contributed by atoms with Gasteiger partial charge in [-0.3, -0.25) is 9.59 Å². The third-order valence-electron chi connectivity index (χ3n) is 6.42. The van der Waals surface area contributed by atoms with Crippen LogP contribution in [0.5, 0.6) is 0 Å². The van der Waals surface area contributed by atoms with Gasteiger partial charge in [0.1, 0.15) is 0 Å². The Morgan fingerprint density at radius 3 is 2.34 bits per heavy atom. The van der Waals surface area contributed by atoms with Gasteiger partial charge in [-0.25, -0.2) is 4.52 Å². The van der Waals surface area contributed by atoms with Crippen molar-refractivity contribution in [3.05, 3.63) is 70.0 Å². The van der Waals surface area contributed by atoms with E-state index in [4.69, 9.17) is 4.74 Å². The van der Waals surface area contributed by atoms with Crippen LogP contribution in [0.3, 0.4) is 0 Å². The Labute approximate surface area is 195 Å². The number of aromatic nitrogens is 2. The molecule has 3 aromatic rings. The molecule has 0 spiro atoms. The van der Waals surface area contributed by atoms with Gasteiger partial charge in [0.05, 0.1) is 30.5 Å². The first kappa shape index (κ1) is 21.2. The highest BCUT2D eigenvalue weighted by molar-refractivity contribution is 9.10. The molecule has 0 unspecified atom stereocenters. The van der Waals surface area contributed by atoms with Crippen LogP contribution in [-0.4, -0.2) is 70.6 Å². The van der Waals surface area contributed by atoms with Crippen LogP contribution in [0.4, 0.5) is 0 Å². The summed E-state index contributed by atoms with van der Waals surface area (Å²) in [6.45, 7) is 3.83. The van der Waals surface area contributed by atoms with Gasteiger partial charge in [-0.15, -0.1) is 0 Å². The first-order chi connectivity index (χ1) is 15.6. The summed E-state index contributed by atoms with van der Waals surface area (Å²) >= 11 is 3.41. The molecular weight excluding hydrogens is 472 g/mol. The lowest BCUT2D eigenvalue weighted by Crippen LogP contribution is -2.40. The lowest BCUT2D eigenvalue weighted by Gasteiger charge is -2.32. The molecule has 2 aliphatic heterocycles. The second kappa shape index (κ2) is 9.03. The maximum absolute atomic E-state index is 13.0. The number of carbonyl (C=O) groups excluding carboxylic acids is 2. The number of nitrogens with zero attached hydrogens (tertiary/aromatic N) is 4. The fourth-order valence-electron chi connectivity index (χ4n) is 4.54. The second-order valence-electron chi connectivity index (χ2n) is 8.33. The van der Waals surface area contributed by atoms with Gasteiger partial charge >= 0.3 is 0 Å². The zero-order valence-electron chi connectivity index (χ0n) is 17.7. The Balaban J connectivity index is 1.30. The van der Waals surface area contributed by atoms with Crippen molar-refractivity contribution in [1.29, 1.82) is 0 Å². The maximum atomic E-state index is 13.0. The number of likely N-dealkylation sites (tertiary alicyclic amines) is 1. The highest BCUT2D eigenvalue weighted by Gasteiger charge is 2.26. The molecular formula is C24H25BrN4O3. The molecule has 0 saturated carbocycles. The zero-order valence-corrected chi connectivity index (χ0v) is 19.3. The molecule has 7 nitrogen and oxygen atoms in total. The standard InChI is InChI=1S/C24H25BrN4O3/c25-20-3-1-18(2-4-20)23(30)27-8-5-17(6-9-27)19-7-10-29-22(15-19)21(16-26-29)24(31)28-11-13-32-14-12-28/h1-4,7,10,15-17H,5-6,8-9,11-14H2. The van der Waals surface area contributed by atoms with Crippen molar-refractivity contribution in [1.82, 2.24) is 19.4 Å². The third kappa shape index (κ3) is 4.17. The van der Waals surface area contributed by atoms with Gasteiger partial charge in [-0.05, 0) is 60.7 Å². The van der Waals surface area contributed by atoms with Crippen molar-refractivity contribution in [2.45, 2.75) is 18.8 Å². The van der Waals surface area contributed by atoms with E-state index in [1.807, 2.05) is 40.3 Å². The molecule has 2 amide bonds. The number of amides is 2. The van der Waals surface area contributed by atoms with Crippen molar-refractivity contribution in [3.63, 3.8) is 0 Å². The molecule has 0 radical (unpaired) electrons. The maximum Gasteiger partial charge on any atom is 0.257 e. The minimum atomic E-state index is 0.00960. The Morgan fingerprint density at radius 1 is 0.938 bits per heavy atom. The van der Waals surface area contributed by atoms with Crippen LogP contribution in [0.15, 0.2) is 53.3 Å². The number of rotatable bonds is 3. The number of fused-ring (bicyclic) bond motifs is 1. The summed E-state index contributed by atoms with van der Waals surface area (Å²) in [5, 5.41) is 4.38. The van der Waals surface area contributed by atoms with Gasteiger partial charge in [-0.2, -0.15) is 5.10 Å². The Bertz CT molecular complexity index is 1130. The van der Waals surface area contributed by atoms with Crippen LogP contribution < -0.4 is 0 Å². The number of benzene rings is 1. The van der Waals surface area contributed by atoms with Crippen LogP contribution in [0.2, 0.25) is 0 Å². The molecule has 0 atom stereocenters. The summed E-state index contributed by atoms with van der Waals surface area (Å²) in [5.74, 6) is 0.450. The van der Waals surface area contributed by atoms with Crippen molar-refractivity contribution in [3.8, 4) is 0 Å². The minimum Gasteiger partial charge on any atom is -0.378 e. The van der Waals surface area contributed by atoms with Gasteiger partial charge in [-0.1, -0.05) is 15.9 Å². The lowest BCUT2D eigenvalue weighted by atomic mass is 9.89. The number of piperidine rings is 1. The number of pyridine rings is 1. The smallest absolute Gasteiger partial charge is 0.257 e. The molecule has 0 N–H and O–H groups in total. The van der Waals surface area contributed by atoms with Gasteiger partial charge in [0.2, 0.25) is 0 Å². The average molecular weight is 497 g/mol. The van der Waals surface area contributed by atoms with Crippen molar-refractivity contribution in [2.24, 2.45) is 0 Å². The van der Waals surface area contributed by atoms with E-state index in [1.54, 1.807) is 10.7 Å². The van der Waals surface area contributed by atoms with E-state index in [1.165, 1.54) is 5.56 Å². The first-order valence-electron chi connectivity index (χ1n) is 11.0. The van der Waals surface area contributed by atoms with E-state index >= 15 is 0 Å². The normalized spacial score (nSPS) is 17.7. The van der Waals surface area contributed by atoms with Gasteiger partial charge < -0.3 is 14.5 Å². The Morgan fingerprint density at radius 2 is 1.62 bits per heavy atom. The summed E-state index contributed by atoms with van der Waals surface area (Å²) in [6, 6.07) is 11.7. The summed E-state index contributed by atoms with van der Waals surface area (Å²) in [4.78, 5) is 29.6. The Hall–Kier alpha value is -2.71. The van der Waals surface area contributed by atoms with E-state index < -0.39 is 0 Å². The van der Waals surface area contributed by atoms with Gasteiger partial charge in [0.25, 0.3) is 11.8 Å². The Kier molecular flexibility index (Phi) is 5.97. The molecule has 4 heterocycles. The minimum absolute atomic E-state index is 0.00960. The fraction of sp³-hybridized carbons (Fsp3) is 0.375. The van der Waals surface area contributed by atoms with Crippen molar-refractivity contribution in [2.75, 3.05) is 39.4 Å². The van der Waals surface area contributed by atoms with E-state index in [9.17, 15) is 9.59 Å². The molecule has 2 saturated heterocycles. The van der Waals surface area contributed by atoms with Crippen LogP contribution >= 0.6 is 15.9 Å². The van der Waals surface area contributed by atoms with Crippen molar-refractivity contribution < 1.29 is 14.3 Å². The average Bonchev–Trinajstić information content (AvgIpc) is 3.27. The fourth-order valence-corrected chi connectivity index (χ4v) is 4.81. The van der Waals surface area contributed by atoms with Crippen LogP contribution in [0.25, 0.3) is 5.52 Å². The number of halogens is 1. The van der Waals surface area contributed by atoms with Gasteiger partial charge in [0.15, 0.2) is 0 Å². The summed E-state index contributed by atoms with van der Waals surface area (Å²) in [7, 11) is 0. The molecule has 1 aromatic carbocycles. The predicted octanol–water partition coefficient (Wildman–Crippen LogP) is 3.59. The molecule has 166 valence electrons. The monoisotopic (exact) mass is 496 g/mol. The van der Waals surface area contributed by atoms with Crippen LogP contribution in [0.1, 0.15) is 45.0 Å². The molecule has 0 bridgehead atoms. The molecule has 5 rings (SSSR count). The van der Waals surface area contributed by atoms with E-state index in [-0.39, 0.29) is 11.8 Å². The largest absolute Gasteiger partial charge is 0.378 e. The number of hydrogen-bond acceptors (Lipinski definition) is 4. The lowest BCUT2D eigenvalue weighted by molar-refractivity contribution is 0.0304. The van der Waals surface area contributed by atoms with E-state index in [0.29, 0.717) is 37.8 Å². The summed E-state index contributed by atoms with van der Waals surface area (Å²) in [5.41, 5.74) is 3.40. The molecule has 0 aliphatic carbocycles. The SMILES string of the molecule is O=C(c1ccc(Br)cc1)N1CCC(c2ccn3ncc(C(=O)N4CCOCC4)c3c2)CC1. The van der Waals surface area contributed by atoms with E-state index in [0.717, 1.165) is 41.5 Å². The third-order valence-corrected chi connectivity index (χ3v) is 6.95. The summed E-state index contributed by atoms with van der Waals surface area (Å²) in [6.07, 6.45) is 5.40. The topological polar surface area (TPSA) is 67.2 Å². The zero-order chi connectivity index (χ0) is 22.1. The number of hydrogen-bond donors (Lipinski definition) is 0. The van der Waals surface area contributed by atoms with E-state index in [2.05, 4.69) is 33.2 Å². The number of morpholine rings is 1. The molecule has 32 heavy (non-hydrogen) atoms.